The lowest BCUT2D eigenvalue weighted by Gasteiger charge is -2.11. The lowest BCUT2D eigenvalue weighted by molar-refractivity contribution is 0.627. The number of pyridine rings is 1. The molecule has 104 valence electrons. The van der Waals surface area contributed by atoms with Gasteiger partial charge in [-0.3, -0.25) is 0 Å². The lowest BCUT2D eigenvalue weighted by Crippen LogP contribution is -2.28. The minimum absolute atomic E-state index is 0.260. The number of benzene rings is 1. The van der Waals surface area contributed by atoms with E-state index in [2.05, 4.69) is 31.5 Å². The Labute approximate surface area is 134 Å². The summed E-state index contributed by atoms with van der Waals surface area (Å²) in [6, 6.07) is 7.93. The van der Waals surface area contributed by atoms with E-state index in [1.807, 2.05) is 0 Å². The molecule has 2 aromatic rings. The van der Waals surface area contributed by atoms with E-state index in [1.54, 1.807) is 18.2 Å². The van der Waals surface area contributed by atoms with E-state index in [0.717, 1.165) is 10.0 Å². The van der Waals surface area contributed by atoms with Gasteiger partial charge in [0.15, 0.2) is 5.11 Å². The lowest BCUT2D eigenvalue weighted by atomic mass is 10.2. The van der Waals surface area contributed by atoms with E-state index in [4.69, 9.17) is 23.8 Å². The first-order chi connectivity index (χ1) is 9.54. The molecule has 1 heterocycles. The first-order valence-corrected chi connectivity index (χ1v) is 7.23. The molecule has 0 amide bonds. The molecule has 0 bridgehead atoms. The molecule has 3 nitrogen and oxygen atoms in total. The van der Waals surface area contributed by atoms with Crippen LogP contribution in [0.2, 0.25) is 5.02 Å². The van der Waals surface area contributed by atoms with Gasteiger partial charge in [-0.1, -0.05) is 23.7 Å². The highest BCUT2D eigenvalue weighted by atomic mass is 79.9. The predicted molar refractivity (Wildman–Crippen MR) is 86.4 cm³/mol. The van der Waals surface area contributed by atoms with Crippen LogP contribution >= 0.6 is 39.7 Å². The van der Waals surface area contributed by atoms with E-state index in [0.29, 0.717) is 22.5 Å². The average molecular weight is 375 g/mol. The van der Waals surface area contributed by atoms with E-state index in [9.17, 15) is 4.39 Å². The van der Waals surface area contributed by atoms with Crippen molar-refractivity contribution in [3.63, 3.8) is 0 Å². The number of hydrogen-bond donors (Lipinski definition) is 2. The van der Waals surface area contributed by atoms with Crippen molar-refractivity contribution >= 4 is 50.7 Å². The normalized spacial score (nSPS) is 10.2. The molecule has 2 rings (SSSR count). The quantitative estimate of drug-likeness (QED) is 0.792. The summed E-state index contributed by atoms with van der Waals surface area (Å²) in [6.07, 6.45) is 1.53. The fourth-order valence-corrected chi connectivity index (χ4v) is 2.35. The van der Waals surface area contributed by atoms with Crippen LogP contribution in [0.15, 0.2) is 41.0 Å². The van der Waals surface area contributed by atoms with Gasteiger partial charge in [-0.15, -0.1) is 0 Å². The Bertz CT molecular complexity index is 622. The summed E-state index contributed by atoms with van der Waals surface area (Å²) >= 11 is 14.3. The van der Waals surface area contributed by atoms with E-state index in [-0.39, 0.29) is 5.82 Å². The molecule has 0 unspecified atom stereocenters. The summed E-state index contributed by atoms with van der Waals surface area (Å²) in [5, 5.41) is 6.92. The number of rotatable bonds is 3. The molecule has 0 fully saturated rings. The number of halogens is 3. The molecule has 7 heteroatoms. The Morgan fingerprint density at radius 1 is 1.35 bits per heavy atom. The van der Waals surface area contributed by atoms with Gasteiger partial charge < -0.3 is 10.6 Å². The van der Waals surface area contributed by atoms with Crippen LogP contribution in [0, 0.1) is 5.82 Å². The highest BCUT2D eigenvalue weighted by Gasteiger charge is 2.04. The van der Waals surface area contributed by atoms with Crippen LogP contribution in [0.1, 0.15) is 5.56 Å². The van der Waals surface area contributed by atoms with Gasteiger partial charge in [0.05, 0.1) is 9.50 Å². The molecular formula is C13H10BrClFN3S. The van der Waals surface area contributed by atoms with Crippen molar-refractivity contribution in [3.8, 4) is 0 Å². The smallest absolute Gasteiger partial charge is 0.172 e. The van der Waals surface area contributed by atoms with Crippen molar-refractivity contribution in [1.82, 2.24) is 10.3 Å². The Balaban J connectivity index is 1.90. The Morgan fingerprint density at radius 2 is 2.05 bits per heavy atom. The molecule has 1 aromatic carbocycles. The van der Waals surface area contributed by atoms with E-state index in [1.165, 1.54) is 18.3 Å². The largest absolute Gasteiger partial charge is 0.358 e. The molecule has 0 aliphatic carbocycles. The fraction of sp³-hybridized carbons (Fsp3) is 0.0769. The first-order valence-electron chi connectivity index (χ1n) is 5.65. The average Bonchev–Trinajstić information content (AvgIpc) is 2.41. The topological polar surface area (TPSA) is 37.0 Å². The monoisotopic (exact) mass is 373 g/mol. The van der Waals surface area contributed by atoms with E-state index >= 15 is 0 Å². The summed E-state index contributed by atoms with van der Waals surface area (Å²) in [5.41, 5.74) is 0.929. The van der Waals surface area contributed by atoms with Crippen molar-refractivity contribution in [3.05, 3.63) is 57.4 Å². The van der Waals surface area contributed by atoms with Gasteiger partial charge in [-0.05, 0) is 51.9 Å². The van der Waals surface area contributed by atoms with Gasteiger partial charge in [0.2, 0.25) is 0 Å². The van der Waals surface area contributed by atoms with Crippen molar-refractivity contribution in [2.45, 2.75) is 6.54 Å². The third kappa shape index (κ3) is 4.40. The highest BCUT2D eigenvalue weighted by Crippen LogP contribution is 2.22. The molecular weight excluding hydrogens is 365 g/mol. The van der Waals surface area contributed by atoms with Gasteiger partial charge in [-0.25, -0.2) is 9.37 Å². The molecule has 0 saturated carbocycles. The Kier molecular flexibility index (Phi) is 5.28. The van der Waals surface area contributed by atoms with Gasteiger partial charge >= 0.3 is 0 Å². The molecule has 20 heavy (non-hydrogen) atoms. The highest BCUT2D eigenvalue weighted by molar-refractivity contribution is 9.10. The molecule has 0 spiro atoms. The van der Waals surface area contributed by atoms with Gasteiger partial charge in [0.25, 0.3) is 0 Å². The zero-order valence-corrected chi connectivity index (χ0v) is 13.3. The predicted octanol–water partition coefficient (Wildman–Crippen LogP) is 4.12. The van der Waals surface area contributed by atoms with Crippen LogP contribution in [-0.2, 0) is 6.54 Å². The molecule has 0 aliphatic rings. The fourth-order valence-electron chi connectivity index (χ4n) is 1.44. The molecule has 0 aliphatic heterocycles. The summed E-state index contributed by atoms with van der Waals surface area (Å²) in [4.78, 5) is 4.12. The maximum absolute atomic E-state index is 12.8. The van der Waals surface area contributed by atoms with Crippen LogP contribution in [0.5, 0.6) is 0 Å². The minimum Gasteiger partial charge on any atom is -0.358 e. The maximum atomic E-state index is 12.8. The second kappa shape index (κ2) is 6.97. The van der Waals surface area contributed by atoms with Crippen LogP contribution in [-0.4, -0.2) is 10.1 Å². The summed E-state index contributed by atoms with van der Waals surface area (Å²) in [5.74, 6) is 0.315. The molecule has 0 atom stereocenters. The standard InChI is InChI=1S/C13H10BrClFN3S/c14-11-5-9(15)7-17-12(11)19-13(20)18-6-8-1-3-10(16)4-2-8/h1-5,7H,6H2,(H2,17,18,19,20). The number of thiocarbonyl (C=S) groups is 1. The van der Waals surface area contributed by atoms with Crippen molar-refractivity contribution in [2.75, 3.05) is 5.32 Å². The molecule has 0 saturated heterocycles. The molecule has 1 aromatic heterocycles. The summed E-state index contributed by atoms with van der Waals surface area (Å²) < 4.78 is 13.5. The number of aromatic nitrogens is 1. The van der Waals surface area contributed by atoms with Gasteiger partial charge in [0.1, 0.15) is 11.6 Å². The van der Waals surface area contributed by atoms with Crippen LogP contribution in [0.4, 0.5) is 10.2 Å². The number of nitrogens with one attached hydrogen (secondary N) is 2. The SMILES string of the molecule is Fc1ccc(CNC(=S)Nc2ncc(Cl)cc2Br)cc1. The number of nitrogens with zero attached hydrogens (tertiary/aromatic N) is 1. The van der Waals surface area contributed by atoms with Crippen molar-refractivity contribution in [2.24, 2.45) is 0 Å². The Hall–Kier alpha value is -1.24. The molecule has 2 N–H and O–H groups in total. The second-order valence-corrected chi connectivity index (χ2v) is 5.62. The van der Waals surface area contributed by atoms with Crippen molar-refractivity contribution < 1.29 is 4.39 Å². The summed E-state index contributed by atoms with van der Waals surface area (Å²) in [7, 11) is 0. The van der Waals surface area contributed by atoms with Crippen LogP contribution < -0.4 is 10.6 Å². The van der Waals surface area contributed by atoms with Gasteiger partial charge in [-0.2, -0.15) is 0 Å². The molecule has 0 radical (unpaired) electrons. The zero-order chi connectivity index (χ0) is 14.5. The number of hydrogen-bond acceptors (Lipinski definition) is 2. The zero-order valence-electron chi connectivity index (χ0n) is 10.2. The first kappa shape index (κ1) is 15.2. The Morgan fingerprint density at radius 3 is 2.70 bits per heavy atom. The van der Waals surface area contributed by atoms with E-state index < -0.39 is 0 Å². The van der Waals surface area contributed by atoms with Crippen molar-refractivity contribution in [1.29, 1.82) is 0 Å². The third-order valence-corrected chi connectivity index (χ3v) is 3.46. The van der Waals surface area contributed by atoms with Gasteiger partial charge in [0, 0.05) is 12.7 Å². The third-order valence-electron chi connectivity index (χ3n) is 2.41. The maximum Gasteiger partial charge on any atom is 0.172 e. The van der Waals surface area contributed by atoms with Crippen LogP contribution in [0.25, 0.3) is 0 Å². The van der Waals surface area contributed by atoms with Crippen LogP contribution in [0.3, 0.4) is 0 Å². The summed E-state index contributed by atoms with van der Waals surface area (Å²) in [6.45, 7) is 0.497. The second-order valence-electron chi connectivity index (χ2n) is 3.92. The number of anilines is 1. The minimum atomic E-state index is -0.260.